The van der Waals surface area contributed by atoms with E-state index in [1.165, 1.54) is 6.26 Å². The van der Waals surface area contributed by atoms with E-state index in [1.54, 1.807) is 0 Å². The summed E-state index contributed by atoms with van der Waals surface area (Å²) in [4.78, 5) is 11.1. The van der Waals surface area contributed by atoms with Gasteiger partial charge in [-0.3, -0.25) is 9.00 Å². The second-order valence-corrected chi connectivity index (χ2v) is 5.14. The summed E-state index contributed by atoms with van der Waals surface area (Å²) in [7, 11) is -1.02. The fourth-order valence-electron chi connectivity index (χ4n) is 0.790. The van der Waals surface area contributed by atoms with Crippen LogP contribution in [0.5, 0.6) is 0 Å². The van der Waals surface area contributed by atoms with Crippen LogP contribution in [0.4, 0.5) is 13.2 Å². The molecule has 0 aromatic carbocycles. The first-order chi connectivity index (χ1) is 7.09. The van der Waals surface area contributed by atoms with Gasteiger partial charge in [0.2, 0.25) is 5.91 Å². The van der Waals surface area contributed by atoms with Crippen LogP contribution in [0.1, 0.15) is 13.3 Å². The van der Waals surface area contributed by atoms with E-state index in [0.717, 1.165) is 0 Å². The molecular weight excluding hydrogens is 245 g/mol. The van der Waals surface area contributed by atoms with Crippen molar-refractivity contribution in [2.45, 2.75) is 25.1 Å². The van der Waals surface area contributed by atoms with E-state index in [-0.39, 0.29) is 6.54 Å². The first kappa shape index (κ1) is 15.4. The molecule has 0 rings (SSSR count). The summed E-state index contributed by atoms with van der Waals surface area (Å²) in [6.45, 7) is 0.640. The lowest BCUT2D eigenvalue weighted by Crippen LogP contribution is -2.61. The number of nitrogens with two attached hydrogens (primary N) is 1. The van der Waals surface area contributed by atoms with Gasteiger partial charge in [0.1, 0.15) is 0 Å². The molecule has 0 heterocycles. The Morgan fingerprint density at radius 1 is 1.44 bits per heavy atom. The standard InChI is InChI=1S/C8H15F3N2O2S/c1-7(12,8(9,10)11)6(14)13-4-3-5-16(2)15/h3-5,12H2,1-2H3,(H,13,14). The van der Waals surface area contributed by atoms with Crippen molar-refractivity contribution in [3.8, 4) is 0 Å². The van der Waals surface area contributed by atoms with E-state index in [2.05, 4.69) is 5.32 Å². The fourth-order valence-corrected chi connectivity index (χ4v) is 1.34. The van der Waals surface area contributed by atoms with Crippen LogP contribution in [-0.2, 0) is 15.6 Å². The second-order valence-electron chi connectivity index (χ2n) is 3.59. The van der Waals surface area contributed by atoms with Gasteiger partial charge in [0, 0.05) is 29.4 Å². The number of hydrogen-bond acceptors (Lipinski definition) is 3. The van der Waals surface area contributed by atoms with Gasteiger partial charge >= 0.3 is 6.18 Å². The molecule has 0 radical (unpaired) electrons. The van der Waals surface area contributed by atoms with Gasteiger partial charge in [0.25, 0.3) is 0 Å². The fraction of sp³-hybridized carbons (Fsp3) is 0.875. The summed E-state index contributed by atoms with van der Waals surface area (Å²) in [6, 6.07) is 0. The highest BCUT2D eigenvalue weighted by atomic mass is 32.2. The minimum absolute atomic E-state index is 0.0291. The molecule has 2 atom stereocenters. The number of rotatable bonds is 5. The molecule has 0 aliphatic carbocycles. The highest BCUT2D eigenvalue weighted by molar-refractivity contribution is 7.84. The Morgan fingerprint density at radius 2 is 1.94 bits per heavy atom. The van der Waals surface area contributed by atoms with Crippen molar-refractivity contribution < 1.29 is 22.2 Å². The van der Waals surface area contributed by atoms with Crippen LogP contribution in [0.2, 0.25) is 0 Å². The molecule has 16 heavy (non-hydrogen) atoms. The van der Waals surface area contributed by atoms with Crippen molar-refractivity contribution in [1.29, 1.82) is 0 Å². The third kappa shape index (κ3) is 4.48. The number of halogens is 3. The number of amides is 1. The molecule has 3 N–H and O–H groups in total. The highest BCUT2D eigenvalue weighted by Crippen LogP contribution is 2.27. The van der Waals surface area contributed by atoms with E-state index in [4.69, 9.17) is 5.73 Å². The van der Waals surface area contributed by atoms with Crippen LogP contribution in [-0.4, -0.2) is 40.4 Å². The summed E-state index contributed by atoms with van der Waals surface area (Å²) in [5.41, 5.74) is 1.99. The Bertz CT molecular complexity index is 279. The maximum absolute atomic E-state index is 12.3. The zero-order valence-electron chi connectivity index (χ0n) is 9.06. The molecule has 96 valence electrons. The molecule has 0 bridgehead atoms. The summed E-state index contributed by atoms with van der Waals surface area (Å²) < 4.78 is 47.5. The van der Waals surface area contributed by atoms with Crippen LogP contribution in [0.15, 0.2) is 0 Å². The molecule has 1 amide bonds. The average molecular weight is 260 g/mol. The van der Waals surface area contributed by atoms with Gasteiger partial charge < -0.3 is 11.1 Å². The second kappa shape index (κ2) is 5.62. The molecule has 0 aromatic rings. The van der Waals surface area contributed by atoms with E-state index < -0.39 is 28.4 Å². The maximum Gasteiger partial charge on any atom is 0.415 e. The van der Waals surface area contributed by atoms with Crippen molar-refractivity contribution in [2.24, 2.45) is 5.73 Å². The molecule has 0 aliphatic rings. The Hall–Kier alpha value is -0.630. The molecule has 0 saturated carbocycles. The number of carbonyl (C=O) groups excluding carboxylic acids is 1. The zero-order valence-corrected chi connectivity index (χ0v) is 9.87. The number of hydrogen-bond donors (Lipinski definition) is 2. The van der Waals surface area contributed by atoms with E-state index in [0.29, 0.717) is 19.1 Å². The molecule has 0 aliphatic heterocycles. The monoisotopic (exact) mass is 260 g/mol. The highest BCUT2D eigenvalue weighted by Gasteiger charge is 2.53. The Labute approximate surface area is 94.2 Å². The van der Waals surface area contributed by atoms with Gasteiger partial charge in [-0.2, -0.15) is 13.2 Å². The number of alkyl halides is 3. The van der Waals surface area contributed by atoms with E-state index in [9.17, 15) is 22.2 Å². The van der Waals surface area contributed by atoms with Crippen molar-refractivity contribution >= 4 is 16.7 Å². The van der Waals surface area contributed by atoms with E-state index >= 15 is 0 Å². The topological polar surface area (TPSA) is 72.2 Å². The molecular formula is C8H15F3N2O2S. The Kier molecular flexibility index (Phi) is 5.40. The molecule has 0 aromatic heterocycles. The number of nitrogens with one attached hydrogen (secondary N) is 1. The predicted octanol–water partition coefficient (Wildman–Crippen LogP) is 0.151. The van der Waals surface area contributed by atoms with Crippen molar-refractivity contribution in [3.05, 3.63) is 0 Å². The molecule has 0 fully saturated rings. The minimum atomic E-state index is -4.79. The third-order valence-electron chi connectivity index (χ3n) is 1.95. The summed E-state index contributed by atoms with van der Waals surface area (Å²) in [5, 5.41) is 2.07. The summed E-state index contributed by atoms with van der Waals surface area (Å²) in [6.07, 6.45) is -2.96. The number of carbonyl (C=O) groups is 1. The van der Waals surface area contributed by atoms with Gasteiger partial charge in [-0.25, -0.2) is 0 Å². The third-order valence-corrected chi connectivity index (χ3v) is 2.82. The first-order valence-corrected chi connectivity index (χ1v) is 6.25. The van der Waals surface area contributed by atoms with E-state index in [1.807, 2.05) is 0 Å². The van der Waals surface area contributed by atoms with Crippen LogP contribution in [0.3, 0.4) is 0 Å². The summed E-state index contributed by atoms with van der Waals surface area (Å²) in [5.74, 6) is -0.949. The van der Waals surface area contributed by atoms with Crippen molar-refractivity contribution in [2.75, 3.05) is 18.6 Å². The van der Waals surface area contributed by atoms with Gasteiger partial charge in [0.05, 0.1) is 0 Å². The van der Waals surface area contributed by atoms with Crippen molar-refractivity contribution in [3.63, 3.8) is 0 Å². The SMILES string of the molecule is CS(=O)CCCNC(=O)C(C)(N)C(F)(F)F. The lowest BCUT2D eigenvalue weighted by atomic mass is 10.0. The average Bonchev–Trinajstić information content (AvgIpc) is 2.09. The Morgan fingerprint density at radius 3 is 2.31 bits per heavy atom. The van der Waals surface area contributed by atoms with Gasteiger partial charge in [-0.05, 0) is 13.3 Å². The molecule has 2 unspecified atom stereocenters. The van der Waals surface area contributed by atoms with Gasteiger partial charge in [-0.15, -0.1) is 0 Å². The lowest BCUT2D eigenvalue weighted by molar-refractivity contribution is -0.187. The lowest BCUT2D eigenvalue weighted by Gasteiger charge is -2.26. The molecule has 0 saturated heterocycles. The van der Waals surface area contributed by atoms with Crippen LogP contribution in [0.25, 0.3) is 0 Å². The maximum atomic E-state index is 12.3. The van der Waals surface area contributed by atoms with Gasteiger partial charge in [-0.1, -0.05) is 0 Å². The van der Waals surface area contributed by atoms with Crippen LogP contribution in [0, 0.1) is 0 Å². The molecule has 4 nitrogen and oxygen atoms in total. The molecule has 8 heteroatoms. The zero-order chi connectivity index (χ0) is 13.0. The predicted molar refractivity (Wildman–Crippen MR) is 55.2 cm³/mol. The van der Waals surface area contributed by atoms with Crippen molar-refractivity contribution in [1.82, 2.24) is 5.32 Å². The minimum Gasteiger partial charge on any atom is -0.354 e. The Balaban J connectivity index is 4.12. The molecule has 0 spiro atoms. The van der Waals surface area contributed by atoms with Crippen LogP contribution >= 0.6 is 0 Å². The normalized spacial score (nSPS) is 17.6. The summed E-state index contributed by atoms with van der Waals surface area (Å²) >= 11 is 0. The first-order valence-electron chi connectivity index (χ1n) is 4.53. The smallest absolute Gasteiger partial charge is 0.354 e. The largest absolute Gasteiger partial charge is 0.415 e. The van der Waals surface area contributed by atoms with Gasteiger partial charge in [0.15, 0.2) is 5.54 Å². The van der Waals surface area contributed by atoms with Crippen LogP contribution < -0.4 is 11.1 Å². The quantitative estimate of drug-likeness (QED) is 0.691.